The van der Waals surface area contributed by atoms with Gasteiger partial charge < -0.3 is 10.2 Å². The van der Waals surface area contributed by atoms with Gasteiger partial charge >= 0.3 is 0 Å². The second-order valence-corrected chi connectivity index (χ2v) is 8.37. The Hall–Kier alpha value is -3.16. The number of hydrogen-bond acceptors (Lipinski definition) is 6. The summed E-state index contributed by atoms with van der Waals surface area (Å²) in [6, 6.07) is 14.6. The van der Waals surface area contributed by atoms with Crippen LogP contribution in [-0.4, -0.2) is 21.1 Å². The molecule has 5 nitrogen and oxygen atoms in total. The summed E-state index contributed by atoms with van der Waals surface area (Å²) < 4.78 is 1.78. The summed E-state index contributed by atoms with van der Waals surface area (Å²) in [6.45, 7) is 4.08. The van der Waals surface area contributed by atoms with E-state index >= 15 is 0 Å². The third-order valence-electron chi connectivity index (χ3n) is 4.37. The second-order valence-electron chi connectivity index (χ2n) is 6.58. The molecule has 4 rings (SSSR count). The molecule has 0 aliphatic rings. The van der Waals surface area contributed by atoms with Gasteiger partial charge in [0.1, 0.15) is 11.5 Å². The summed E-state index contributed by atoms with van der Waals surface area (Å²) in [7, 11) is 0. The average molecular weight is 422 g/mol. The van der Waals surface area contributed by atoms with Gasteiger partial charge in [-0.15, -0.1) is 22.7 Å². The Morgan fingerprint density at radius 3 is 2.62 bits per heavy atom. The van der Waals surface area contributed by atoms with E-state index in [2.05, 4.69) is 23.3 Å². The zero-order valence-electron chi connectivity index (χ0n) is 15.9. The van der Waals surface area contributed by atoms with Crippen molar-refractivity contribution in [3.05, 3.63) is 80.8 Å². The number of phenols is 2. The van der Waals surface area contributed by atoms with E-state index in [9.17, 15) is 10.2 Å². The molecule has 0 aliphatic heterocycles. The van der Waals surface area contributed by atoms with Crippen LogP contribution in [0.25, 0.3) is 10.6 Å². The van der Waals surface area contributed by atoms with Gasteiger partial charge in [0.15, 0.2) is 0 Å². The highest BCUT2D eigenvalue weighted by molar-refractivity contribution is 7.14. The number of aryl methyl sites for hydroxylation is 2. The van der Waals surface area contributed by atoms with Gasteiger partial charge in [-0.2, -0.15) is 5.10 Å². The first-order valence-corrected chi connectivity index (χ1v) is 10.7. The van der Waals surface area contributed by atoms with Crippen molar-refractivity contribution in [2.45, 2.75) is 13.8 Å². The fourth-order valence-electron chi connectivity index (χ4n) is 2.79. The van der Waals surface area contributed by atoms with Crippen LogP contribution in [0.2, 0.25) is 0 Å². The first kappa shape index (κ1) is 19.2. The molecule has 2 N–H and O–H groups in total. The van der Waals surface area contributed by atoms with E-state index in [0.29, 0.717) is 5.56 Å². The highest BCUT2D eigenvalue weighted by atomic mass is 32.1. The minimum Gasteiger partial charge on any atom is -0.508 e. The van der Waals surface area contributed by atoms with Gasteiger partial charge in [0.05, 0.1) is 22.5 Å². The van der Waals surface area contributed by atoms with Crippen molar-refractivity contribution in [2.24, 2.45) is 10.1 Å². The third kappa shape index (κ3) is 4.16. The van der Waals surface area contributed by atoms with E-state index in [4.69, 9.17) is 4.99 Å². The van der Waals surface area contributed by atoms with Gasteiger partial charge in [0.2, 0.25) is 4.80 Å². The smallest absolute Gasteiger partial charge is 0.211 e. The van der Waals surface area contributed by atoms with Gasteiger partial charge in [-0.05, 0) is 54.6 Å². The van der Waals surface area contributed by atoms with Crippen LogP contribution in [0.3, 0.4) is 0 Å². The van der Waals surface area contributed by atoms with Gasteiger partial charge in [-0.25, -0.2) is 9.67 Å². The number of aromatic hydroxyl groups is 2. The zero-order valence-corrected chi connectivity index (χ0v) is 17.5. The Balaban J connectivity index is 1.86. The van der Waals surface area contributed by atoms with E-state index in [1.54, 1.807) is 28.3 Å². The maximum atomic E-state index is 10.1. The van der Waals surface area contributed by atoms with E-state index < -0.39 is 0 Å². The predicted molar refractivity (Wildman–Crippen MR) is 120 cm³/mol. The van der Waals surface area contributed by atoms with Crippen molar-refractivity contribution in [3.8, 4) is 22.1 Å². The number of thiophene rings is 1. The molecule has 0 amide bonds. The molecule has 0 radical (unpaired) electrons. The van der Waals surface area contributed by atoms with Crippen molar-refractivity contribution in [2.75, 3.05) is 0 Å². The summed E-state index contributed by atoms with van der Waals surface area (Å²) in [6.07, 6.45) is 1.57. The molecule has 2 heterocycles. The number of rotatable bonds is 4. The van der Waals surface area contributed by atoms with E-state index in [0.717, 1.165) is 32.2 Å². The molecule has 29 heavy (non-hydrogen) atoms. The average Bonchev–Trinajstić information content (AvgIpc) is 3.34. The molecule has 0 bridgehead atoms. The van der Waals surface area contributed by atoms with Gasteiger partial charge in [0, 0.05) is 17.0 Å². The fraction of sp³-hybridized carbons (Fsp3) is 0.0909. The molecule has 4 aromatic rings. The topological polar surface area (TPSA) is 70.1 Å². The molecule has 0 spiro atoms. The van der Waals surface area contributed by atoms with E-state index in [1.165, 1.54) is 23.5 Å². The molecular formula is C22H19N3O2S2. The van der Waals surface area contributed by atoms with Crippen molar-refractivity contribution in [1.29, 1.82) is 0 Å². The molecule has 7 heteroatoms. The van der Waals surface area contributed by atoms with E-state index in [-0.39, 0.29) is 11.5 Å². The van der Waals surface area contributed by atoms with Crippen LogP contribution in [0.15, 0.2) is 69.4 Å². The SMILES string of the molecule is Cc1ccc(C)c(N=c2scc(-c3cccs3)n2N=Cc2ccc(O)cc2O)c1. The molecule has 0 atom stereocenters. The van der Waals surface area contributed by atoms with Crippen molar-refractivity contribution in [1.82, 2.24) is 4.68 Å². The van der Waals surface area contributed by atoms with Crippen molar-refractivity contribution in [3.63, 3.8) is 0 Å². The highest BCUT2D eigenvalue weighted by Gasteiger charge is 2.09. The molecule has 0 aliphatic carbocycles. The Labute approximate surface area is 176 Å². The molecule has 0 saturated carbocycles. The molecule has 2 aromatic heterocycles. The summed E-state index contributed by atoms with van der Waals surface area (Å²) in [5, 5.41) is 28.2. The largest absolute Gasteiger partial charge is 0.508 e. The zero-order chi connectivity index (χ0) is 20.4. The van der Waals surface area contributed by atoms with Crippen LogP contribution in [0.5, 0.6) is 11.5 Å². The fourth-order valence-corrected chi connectivity index (χ4v) is 4.43. The maximum Gasteiger partial charge on any atom is 0.211 e. The lowest BCUT2D eigenvalue weighted by Crippen LogP contribution is -2.11. The summed E-state index contributed by atoms with van der Waals surface area (Å²) >= 11 is 3.14. The lowest BCUT2D eigenvalue weighted by Gasteiger charge is -2.04. The van der Waals surface area contributed by atoms with Gasteiger partial charge in [0.25, 0.3) is 0 Å². The normalized spacial score (nSPS) is 12.1. The number of benzene rings is 2. The predicted octanol–water partition coefficient (Wildman–Crippen LogP) is 5.42. The Morgan fingerprint density at radius 2 is 1.86 bits per heavy atom. The number of hydrogen-bond donors (Lipinski definition) is 2. The van der Waals surface area contributed by atoms with Crippen LogP contribution in [-0.2, 0) is 0 Å². The minimum absolute atomic E-state index is 0.00715. The highest BCUT2D eigenvalue weighted by Crippen LogP contribution is 2.27. The second kappa shape index (κ2) is 8.06. The Morgan fingerprint density at radius 1 is 1.00 bits per heavy atom. The Kier molecular flexibility index (Phi) is 5.33. The van der Waals surface area contributed by atoms with Crippen molar-refractivity contribution < 1.29 is 10.2 Å². The number of phenolic OH excluding ortho intramolecular Hbond substituents is 2. The minimum atomic E-state index is -0.0322. The maximum absolute atomic E-state index is 10.1. The van der Waals surface area contributed by atoms with Crippen LogP contribution in [0.4, 0.5) is 5.69 Å². The first-order chi connectivity index (χ1) is 14.0. The first-order valence-electron chi connectivity index (χ1n) is 8.94. The molecular weight excluding hydrogens is 402 g/mol. The summed E-state index contributed by atoms with van der Waals surface area (Å²) in [5.41, 5.74) is 4.59. The molecule has 2 aromatic carbocycles. The lowest BCUT2D eigenvalue weighted by atomic mass is 10.1. The summed E-state index contributed by atoms with van der Waals surface area (Å²) in [4.78, 5) is 6.66. The lowest BCUT2D eigenvalue weighted by molar-refractivity contribution is 0.450. The van der Waals surface area contributed by atoms with Gasteiger partial charge in [-0.3, -0.25) is 0 Å². The van der Waals surface area contributed by atoms with Crippen LogP contribution < -0.4 is 4.80 Å². The monoisotopic (exact) mass is 421 g/mol. The number of aromatic nitrogens is 1. The molecule has 0 unspecified atom stereocenters. The third-order valence-corrected chi connectivity index (χ3v) is 6.07. The number of nitrogens with zero attached hydrogens (tertiary/aromatic N) is 3. The van der Waals surface area contributed by atoms with Gasteiger partial charge in [-0.1, -0.05) is 18.2 Å². The number of thiazole rings is 1. The molecule has 0 fully saturated rings. The molecule has 0 saturated heterocycles. The van der Waals surface area contributed by atoms with Crippen LogP contribution in [0, 0.1) is 13.8 Å². The van der Waals surface area contributed by atoms with Crippen LogP contribution >= 0.6 is 22.7 Å². The Bertz CT molecular complexity index is 1250. The van der Waals surface area contributed by atoms with Crippen LogP contribution in [0.1, 0.15) is 16.7 Å². The standard InChI is InChI=1S/C22H19N3O2S2/c1-14-5-6-15(2)18(10-14)24-22-25(19(13-29-22)21-4-3-9-28-21)23-12-16-7-8-17(26)11-20(16)27/h3-13,26-27H,1-2H3. The quantitative estimate of drug-likeness (QED) is 0.432. The molecule has 146 valence electrons. The summed E-state index contributed by atoms with van der Waals surface area (Å²) in [5.74, 6) is -0.0250. The van der Waals surface area contributed by atoms with E-state index in [1.807, 2.05) is 36.7 Å². The van der Waals surface area contributed by atoms with Crippen molar-refractivity contribution >= 4 is 34.6 Å².